The zero-order valence-electron chi connectivity index (χ0n) is 10.9. The first-order valence-electron chi connectivity index (χ1n) is 6.77. The van der Waals surface area contributed by atoms with Crippen molar-refractivity contribution in [3.05, 3.63) is 35.2 Å². The molecular formula is C15H18N2S2. The highest BCUT2D eigenvalue weighted by Gasteiger charge is 2.14. The van der Waals surface area contributed by atoms with Gasteiger partial charge in [-0.15, -0.1) is 11.3 Å². The van der Waals surface area contributed by atoms with Crippen LogP contribution in [0, 0.1) is 0 Å². The molecule has 0 spiro atoms. The number of nitrogens with zero attached hydrogens (tertiary/aromatic N) is 2. The van der Waals surface area contributed by atoms with Gasteiger partial charge in [0.15, 0.2) is 5.13 Å². The minimum Gasteiger partial charge on any atom is -0.348 e. The van der Waals surface area contributed by atoms with Crippen molar-refractivity contribution in [2.24, 2.45) is 0 Å². The third kappa shape index (κ3) is 2.95. The van der Waals surface area contributed by atoms with Crippen LogP contribution in [0.15, 0.2) is 29.6 Å². The Morgan fingerprint density at radius 2 is 1.84 bits per heavy atom. The van der Waals surface area contributed by atoms with Crippen LogP contribution in [0.4, 0.5) is 5.13 Å². The topological polar surface area (TPSA) is 16.1 Å². The molecule has 19 heavy (non-hydrogen) atoms. The summed E-state index contributed by atoms with van der Waals surface area (Å²) in [6.07, 6.45) is 3.96. The molecule has 0 bridgehead atoms. The van der Waals surface area contributed by atoms with Gasteiger partial charge in [-0.3, -0.25) is 0 Å². The Labute approximate surface area is 123 Å². The lowest BCUT2D eigenvalue weighted by Gasteiger charge is -2.25. The highest BCUT2D eigenvalue weighted by molar-refractivity contribution is 7.79. The lowest BCUT2D eigenvalue weighted by molar-refractivity contribution is 0.577. The van der Waals surface area contributed by atoms with Crippen molar-refractivity contribution >= 4 is 29.1 Å². The molecular weight excluding hydrogens is 272 g/mol. The highest BCUT2D eigenvalue weighted by Crippen LogP contribution is 2.29. The SMILES string of the molecule is SCc1ccc(-c2csc(N3CCCCC3)n2)cc1. The summed E-state index contributed by atoms with van der Waals surface area (Å²) in [4.78, 5) is 7.20. The number of thiol groups is 1. The van der Waals surface area contributed by atoms with Gasteiger partial charge in [0.2, 0.25) is 0 Å². The fraction of sp³-hybridized carbons (Fsp3) is 0.400. The zero-order valence-corrected chi connectivity index (χ0v) is 12.6. The lowest BCUT2D eigenvalue weighted by atomic mass is 10.1. The molecule has 1 aromatic heterocycles. The second-order valence-electron chi connectivity index (χ2n) is 4.92. The van der Waals surface area contributed by atoms with Crippen molar-refractivity contribution in [1.82, 2.24) is 4.98 Å². The molecule has 2 nitrogen and oxygen atoms in total. The molecule has 0 N–H and O–H groups in total. The van der Waals surface area contributed by atoms with E-state index < -0.39 is 0 Å². The van der Waals surface area contributed by atoms with E-state index in [0.29, 0.717) is 0 Å². The van der Waals surface area contributed by atoms with Crippen molar-refractivity contribution in [3.63, 3.8) is 0 Å². The van der Waals surface area contributed by atoms with Crippen LogP contribution in [-0.4, -0.2) is 18.1 Å². The van der Waals surface area contributed by atoms with Gasteiger partial charge in [-0.05, 0) is 24.8 Å². The predicted octanol–water partition coefficient (Wildman–Crippen LogP) is 4.23. The molecule has 1 aliphatic rings. The van der Waals surface area contributed by atoms with Gasteiger partial charge >= 0.3 is 0 Å². The van der Waals surface area contributed by atoms with Crippen molar-refractivity contribution in [2.75, 3.05) is 18.0 Å². The number of rotatable bonds is 3. The maximum atomic E-state index is 4.79. The number of thiazole rings is 1. The third-order valence-corrected chi connectivity index (χ3v) is 4.82. The molecule has 0 unspecified atom stereocenters. The Bertz CT molecular complexity index is 527. The summed E-state index contributed by atoms with van der Waals surface area (Å²) in [5.74, 6) is 0.788. The fourth-order valence-electron chi connectivity index (χ4n) is 2.41. The van der Waals surface area contributed by atoms with Gasteiger partial charge in [0.05, 0.1) is 5.69 Å². The van der Waals surface area contributed by atoms with E-state index in [4.69, 9.17) is 4.98 Å². The van der Waals surface area contributed by atoms with Crippen LogP contribution in [0.25, 0.3) is 11.3 Å². The third-order valence-electron chi connectivity index (χ3n) is 3.55. The summed E-state index contributed by atoms with van der Waals surface area (Å²) < 4.78 is 0. The van der Waals surface area contributed by atoms with E-state index in [2.05, 4.69) is 47.2 Å². The molecule has 1 aliphatic heterocycles. The molecule has 100 valence electrons. The van der Waals surface area contributed by atoms with Crippen LogP contribution < -0.4 is 4.90 Å². The molecule has 0 amide bonds. The van der Waals surface area contributed by atoms with Gasteiger partial charge in [0, 0.05) is 29.8 Å². The minimum atomic E-state index is 0.788. The van der Waals surface area contributed by atoms with Gasteiger partial charge in [-0.1, -0.05) is 24.3 Å². The van der Waals surface area contributed by atoms with Crippen LogP contribution in [0.1, 0.15) is 24.8 Å². The summed E-state index contributed by atoms with van der Waals surface area (Å²) in [6, 6.07) is 8.53. The summed E-state index contributed by atoms with van der Waals surface area (Å²) in [6.45, 7) is 2.32. The highest BCUT2D eigenvalue weighted by atomic mass is 32.1. The standard InChI is InChI=1S/C15H18N2S2/c18-10-12-4-6-13(7-5-12)14-11-19-15(16-14)17-8-2-1-3-9-17/h4-7,11,18H,1-3,8-10H2. The maximum Gasteiger partial charge on any atom is 0.185 e. The molecule has 3 rings (SSSR count). The van der Waals surface area contributed by atoms with Crippen LogP contribution in [0.2, 0.25) is 0 Å². The van der Waals surface area contributed by atoms with Crippen molar-refractivity contribution in [3.8, 4) is 11.3 Å². The summed E-state index contributed by atoms with van der Waals surface area (Å²) in [5.41, 5.74) is 3.54. The van der Waals surface area contributed by atoms with Crippen LogP contribution in [0.3, 0.4) is 0 Å². The molecule has 2 heterocycles. The van der Waals surface area contributed by atoms with Gasteiger partial charge in [0.1, 0.15) is 0 Å². The smallest absolute Gasteiger partial charge is 0.185 e. The minimum absolute atomic E-state index is 0.788. The molecule has 1 saturated heterocycles. The Morgan fingerprint density at radius 3 is 2.53 bits per heavy atom. The first kappa shape index (κ1) is 13.0. The van der Waals surface area contributed by atoms with Crippen LogP contribution in [-0.2, 0) is 5.75 Å². The molecule has 1 aromatic carbocycles. The van der Waals surface area contributed by atoms with Crippen molar-refractivity contribution in [1.29, 1.82) is 0 Å². The molecule has 0 atom stereocenters. The largest absolute Gasteiger partial charge is 0.348 e. The Balaban J connectivity index is 1.79. The van der Waals surface area contributed by atoms with E-state index in [0.717, 1.165) is 24.5 Å². The summed E-state index contributed by atoms with van der Waals surface area (Å²) in [5, 5.41) is 3.34. The fourth-order valence-corrected chi connectivity index (χ4v) is 3.51. The first-order valence-corrected chi connectivity index (χ1v) is 8.29. The van der Waals surface area contributed by atoms with Gasteiger partial charge in [-0.25, -0.2) is 4.98 Å². The number of aromatic nitrogens is 1. The van der Waals surface area contributed by atoms with Crippen molar-refractivity contribution in [2.45, 2.75) is 25.0 Å². The molecule has 2 aromatic rings. The molecule has 1 fully saturated rings. The predicted molar refractivity (Wildman–Crippen MR) is 86.3 cm³/mol. The van der Waals surface area contributed by atoms with Gasteiger partial charge in [-0.2, -0.15) is 12.6 Å². The number of hydrogen-bond acceptors (Lipinski definition) is 4. The molecule has 0 saturated carbocycles. The van der Waals surface area contributed by atoms with E-state index in [-0.39, 0.29) is 0 Å². The quantitative estimate of drug-likeness (QED) is 0.852. The summed E-state index contributed by atoms with van der Waals surface area (Å²) >= 11 is 6.05. The lowest BCUT2D eigenvalue weighted by Crippen LogP contribution is -2.29. The molecule has 0 radical (unpaired) electrons. The van der Waals surface area contributed by atoms with E-state index in [1.54, 1.807) is 11.3 Å². The van der Waals surface area contributed by atoms with E-state index >= 15 is 0 Å². The first-order chi connectivity index (χ1) is 9.36. The monoisotopic (exact) mass is 290 g/mol. The number of anilines is 1. The van der Waals surface area contributed by atoms with E-state index in [1.807, 2.05) is 0 Å². The van der Waals surface area contributed by atoms with E-state index in [1.165, 1.54) is 35.5 Å². The molecule has 0 aliphatic carbocycles. The van der Waals surface area contributed by atoms with E-state index in [9.17, 15) is 0 Å². The zero-order chi connectivity index (χ0) is 13.1. The Kier molecular flexibility index (Phi) is 4.09. The Morgan fingerprint density at radius 1 is 1.11 bits per heavy atom. The summed E-state index contributed by atoms with van der Waals surface area (Å²) in [7, 11) is 0. The van der Waals surface area contributed by atoms with Gasteiger partial charge < -0.3 is 4.90 Å². The second-order valence-corrected chi connectivity index (χ2v) is 6.07. The second kappa shape index (κ2) is 5.97. The number of benzene rings is 1. The maximum absolute atomic E-state index is 4.79. The average molecular weight is 290 g/mol. The van der Waals surface area contributed by atoms with Gasteiger partial charge in [0.25, 0.3) is 0 Å². The Hall–Kier alpha value is -1.00. The van der Waals surface area contributed by atoms with Crippen LogP contribution in [0.5, 0.6) is 0 Å². The average Bonchev–Trinajstić information content (AvgIpc) is 2.98. The molecule has 4 heteroatoms. The normalized spacial score (nSPS) is 15.7. The van der Waals surface area contributed by atoms with Crippen molar-refractivity contribution < 1.29 is 0 Å². The number of piperidine rings is 1. The number of hydrogen-bond donors (Lipinski definition) is 1. The van der Waals surface area contributed by atoms with Crippen LogP contribution >= 0.6 is 24.0 Å².